The highest BCUT2D eigenvalue weighted by molar-refractivity contribution is 5.40. The molecule has 2 rings (SSSR count). The molecule has 0 spiro atoms. The number of halogens is 4. The fourth-order valence-electron chi connectivity index (χ4n) is 1.86. The van der Waals surface area contributed by atoms with Gasteiger partial charge in [-0.3, -0.25) is 0 Å². The minimum atomic E-state index is -4.75. The van der Waals surface area contributed by atoms with Crippen LogP contribution in [-0.4, -0.2) is 9.55 Å². The third kappa shape index (κ3) is 2.67. The summed E-state index contributed by atoms with van der Waals surface area (Å²) < 4.78 is 52.8. The summed E-state index contributed by atoms with van der Waals surface area (Å²) in [5.74, 6) is -1.31. The first-order valence-electron chi connectivity index (χ1n) is 5.79. The van der Waals surface area contributed by atoms with E-state index in [0.29, 0.717) is 5.69 Å². The van der Waals surface area contributed by atoms with E-state index in [1.807, 2.05) is 0 Å². The van der Waals surface area contributed by atoms with Crippen molar-refractivity contribution >= 4 is 0 Å². The number of hydrogen-bond acceptors (Lipinski definition) is 2. The molecule has 0 aliphatic heterocycles. The number of nitrogens with two attached hydrogens (primary N) is 1. The second kappa shape index (κ2) is 4.59. The third-order valence-corrected chi connectivity index (χ3v) is 2.83. The Morgan fingerprint density at radius 2 is 1.85 bits per heavy atom. The molecular formula is C13H13F4N3. The standard InChI is InChI=1S/C13H13F4N3/c1-12(2,18)11-6-19-7-20(11)8-3-4-10(14)9(5-8)13(15,16)17/h3-7H,18H2,1-2H3. The van der Waals surface area contributed by atoms with Gasteiger partial charge in [-0.25, -0.2) is 9.37 Å². The predicted octanol–water partition coefficient (Wildman–Crippen LogP) is 3.22. The topological polar surface area (TPSA) is 43.8 Å². The van der Waals surface area contributed by atoms with Crippen LogP contribution >= 0.6 is 0 Å². The van der Waals surface area contributed by atoms with Crippen LogP contribution in [0.5, 0.6) is 0 Å². The molecule has 0 saturated carbocycles. The van der Waals surface area contributed by atoms with Gasteiger partial charge < -0.3 is 10.3 Å². The summed E-state index contributed by atoms with van der Waals surface area (Å²) in [6.07, 6.45) is -1.94. The van der Waals surface area contributed by atoms with Gasteiger partial charge in [0.05, 0.1) is 29.3 Å². The first-order chi connectivity index (χ1) is 9.10. The molecule has 0 unspecified atom stereocenters. The first-order valence-corrected chi connectivity index (χ1v) is 5.79. The number of benzene rings is 1. The van der Waals surface area contributed by atoms with E-state index in [9.17, 15) is 17.6 Å². The molecule has 108 valence electrons. The van der Waals surface area contributed by atoms with Gasteiger partial charge in [-0.05, 0) is 32.0 Å². The summed E-state index contributed by atoms with van der Waals surface area (Å²) in [4.78, 5) is 3.89. The van der Waals surface area contributed by atoms with E-state index in [0.717, 1.165) is 12.1 Å². The van der Waals surface area contributed by atoms with Gasteiger partial charge in [0.25, 0.3) is 0 Å². The summed E-state index contributed by atoms with van der Waals surface area (Å²) in [7, 11) is 0. The molecule has 2 aromatic rings. The predicted molar refractivity (Wildman–Crippen MR) is 65.7 cm³/mol. The molecular weight excluding hydrogens is 274 g/mol. The van der Waals surface area contributed by atoms with Gasteiger partial charge in [-0.15, -0.1) is 0 Å². The quantitative estimate of drug-likeness (QED) is 0.862. The number of rotatable bonds is 2. The normalized spacial score (nSPS) is 12.8. The minimum Gasteiger partial charge on any atom is -0.321 e. The van der Waals surface area contributed by atoms with Crippen LogP contribution < -0.4 is 5.73 Å². The maximum Gasteiger partial charge on any atom is 0.419 e. The lowest BCUT2D eigenvalue weighted by Crippen LogP contribution is -2.31. The van der Waals surface area contributed by atoms with Gasteiger partial charge in [-0.2, -0.15) is 13.2 Å². The number of imidazole rings is 1. The molecule has 20 heavy (non-hydrogen) atoms. The fourth-order valence-corrected chi connectivity index (χ4v) is 1.86. The van der Waals surface area contributed by atoms with Gasteiger partial charge in [-0.1, -0.05) is 0 Å². The van der Waals surface area contributed by atoms with Gasteiger partial charge in [0.2, 0.25) is 0 Å². The average molecular weight is 287 g/mol. The highest BCUT2D eigenvalue weighted by atomic mass is 19.4. The van der Waals surface area contributed by atoms with Gasteiger partial charge in [0, 0.05) is 5.69 Å². The van der Waals surface area contributed by atoms with E-state index < -0.39 is 23.1 Å². The van der Waals surface area contributed by atoms with E-state index in [1.54, 1.807) is 13.8 Å². The monoisotopic (exact) mass is 287 g/mol. The number of hydrogen-bond donors (Lipinski definition) is 1. The van der Waals surface area contributed by atoms with Gasteiger partial charge >= 0.3 is 6.18 Å². The Bertz CT molecular complexity index is 623. The Kier molecular flexibility index (Phi) is 3.33. The lowest BCUT2D eigenvalue weighted by Gasteiger charge is -2.21. The number of nitrogens with zero attached hydrogens (tertiary/aromatic N) is 2. The van der Waals surface area contributed by atoms with Crippen LogP contribution in [0.4, 0.5) is 17.6 Å². The van der Waals surface area contributed by atoms with Crippen LogP contribution in [0.2, 0.25) is 0 Å². The second-order valence-corrected chi connectivity index (χ2v) is 5.03. The molecule has 2 N–H and O–H groups in total. The van der Waals surface area contributed by atoms with E-state index in [2.05, 4.69) is 4.98 Å². The summed E-state index contributed by atoms with van der Waals surface area (Å²) in [6, 6.07) is 2.78. The molecule has 0 radical (unpaired) electrons. The Hall–Kier alpha value is -1.89. The number of alkyl halides is 3. The third-order valence-electron chi connectivity index (χ3n) is 2.83. The van der Waals surface area contributed by atoms with Crippen LogP contribution in [0.25, 0.3) is 5.69 Å². The zero-order chi connectivity index (χ0) is 15.1. The molecule has 1 heterocycles. The van der Waals surface area contributed by atoms with Crippen LogP contribution in [0, 0.1) is 5.82 Å². The van der Waals surface area contributed by atoms with Crippen molar-refractivity contribution < 1.29 is 17.6 Å². The zero-order valence-corrected chi connectivity index (χ0v) is 10.9. The Balaban J connectivity index is 2.58. The van der Waals surface area contributed by atoms with Crippen LogP contribution in [0.15, 0.2) is 30.7 Å². The van der Waals surface area contributed by atoms with Crippen molar-refractivity contribution in [3.8, 4) is 5.69 Å². The maximum atomic E-state index is 13.3. The molecule has 0 aliphatic carbocycles. The van der Waals surface area contributed by atoms with E-state index >= 15 is 0 Å². The molecule has 1 aromatic heterocycles. The maximum absolute atomic E-state index is 13.3. The van der Waals surface area contributed by atoms with Gasteiger partial charge in [0.1, 0.15) is 5.82 Å². The summed E-state index contributed by atoms with van der Waals surface area (Å²) in [6.45, 7) is 3.41. The highest BCUT2D eigenvalue weighted by Crippen LogP contribution is 2.33. The molecule has 0 saturated heterocycles. The largest absolute Gasteiger partial charge is 0.419 e. The highest BCUT2D eigenvalue weighted by Gasteiger charge is 2.34. The van der Waals surface area contributed by atoms with Crippen LogP contribution in [0.3, 0.4) is 0 Å². The number of aromatic nitrogens is 2. The van der Waals surface area contributed by atoms with Crippen molar-refractivity contribution in [1.82, 2.24) is 9.55 Å². The van der Waals surface area contributed by atoms with Crippen molar-refractivity contribution in [1.29, 1.82) is 0 Å². The Morgan fingerprint density at radius 1 is 1.20 bits per heavy atom. The van der Waals surface area contributed by atoms with Crippen molar-refractivity contribution in [2.24, 2.45) is 5.73 Å². The van der Waals surface area contributed by atoms with Crippen molar-refractivity contribution in [2.45, 2.75) is 25.6 Å². The summed E-state index contributed by atoms with van der Waals surface area (Å²) in [5, 5.41) is 0. The van der Waals surface area contributed by atoms with Crippen LogP contribution in [-0.2, 0) is 11.7 Å². The molecule has 7 heteroatoms. The van der Waals surface area contributed by atoms with E-state index in [-0.39, 0.29) is 5.69 Å². The van der Waals surface area contributed by atoms with Crippen molar-refractivity contribution in [3.05, 3.63) is 47.8 Å². The minimum absolute atomic E-state index is 0.157. The smallest absolute Gasteiger partial charge is 0.321 e. The van der Waals surface area contributed by atoms with Crippen molar-refractivity contribution in [3.63, 3.8) is 0 Å². The Morgan fingerprint density at radius 3 is 2.40 bits per heavy atom. The molecule has 3 nitrogen and oxygen atoms in total. The average Bonchev–Trinajstić information content (AvgIpc) is 2.76. The molecule has 1 aromatic carbocycles. The van der Waals surface area contributed by atoms with E-state index in [4.69, 9.17) is 5.73 Å². The molecule has 0 atom stereocenters. The Labute approximate surface area is 113 Å². The fraction of sp³-hybridized carbons (Fsp3) is 0.308. The first kappa shape index (κ1) is 14.5. The lowest BCUT2D eigenvalue weighted by molar-refractivity contribution is -0.140. The second-order valence-electron chi connectivity index (χ2n) is 5.03. The molecule has 0 aliphatic rings. The lowest BCUT2D eigenvalue weighted by atomic mass is 10.0. The molecule has 0 fully saturated rings. The SMILES string of the molecule is CC(C)(N)c1cncn1-c1ccc(F)c(C(F)(F)F)c1. The van der Waals surface area contributed by atoms with Crippen molar-refractivity contribution in [2.75, 3.05) is 0 Å². The molecule has 0 amide bonds. The van der Waals surface area contributed by atoms with Gasteiger partial charge in [0.15, 0.2) is 0 Å². The zero-order valence-electron chi connectivity index (χ0n) is 10.9. The summed E-state index contributed by atoms with van der Waals surface area (Å²) in [5.41, 5.74) is 4.51. The molecule has 0 bridgehead atoms. The van der Waals surface area contributed by atoms with Crippen LogP contribution in [0.1, 0.15) is 25.1 Å². The van der Waals surface area contributed by atoms with E-state index in [1.165, 1.54) is 23.2 Å². The summed E-state index contributed by atoms with van der Waals surface area (Å²) >= 11 is 0.